The summed E-state index contributed by atoms with van der Waals surface area (Å²) < 4.78 is 5.04. The first-order chi connectivity index (χ1) is 7.51. The molecule has 1 heterocycles. The van der Waals surface area contributed by atoms with Gasteiger partial charge < -0.3 is 4.74 Å². The van der Waals surface area contributed by atoms with Crippen LogP contribution >= 0.6 is 0 Å². The van der Waals surface area contributed by atoms with E-state index in [0.29, 0.717) is 30.5 Å². The molecule has 88 valence electrons. The number of aryl methyl sites for hydroxylation is 1. The molecule has 1 aromatic heterocycles. The van der Waals surface area contributed by atoms with Gasteiger partial charge in [-0.25, -0.2) is 4.98 Å². The Bertz CT molecular complexity index is 375. The highest BCUT2D eigenvalue weighted by Gasteiger charge is 2.09. The number of carbonyl (C=O) groups is 1. The van der Waals surface area contributed by atoms with Crippen molar-refractivity contribution in [2.75, 3.05) is 7.11 Å². The summed E-state index contributed by atoms with van der Waals surface area (Å²) in [6.07, 6.45) is 0.948. The second kappa shape index (κ2) is 5.58. The number of rotatable bonds is 5. The minimum absolute atomic E-state index is 0.204. The quantitative estimate of drug-likeness (QED) is 0.764. The molecular formula is C12H18N2O2. The number of methoxy groups -OCH3 is 1. The lowest BCUT2D eigenvalue weighted by Crippen LogP contribution is -2.09. The maximum absolute atomic E-state index is 11.6. The van der Waals surface area contributed by atoms with Crippen LogP contribution in [0, 0.1) is 12.8 Å². The number of ketones is 1. The molecule has 0 radical (unpaired) electrons. The minimum Gasteiger partial charge on any atom is -0.481 e. The molecule has 4 nitrogen and oxygen atoms in total. The summed E-state index contributed by atoms with van der Waals surface area (Å²) in [5, 5.41) is 0. The number of hydrogen-bond acceptors (Lipinski definition) is 4. The van der Waals surface area contributed by atoms with Crippen molar-refractivity contribution in [3.63, 3.8) is 0 Å². The highest BCUT2D eigenvalue weighted by molar-refractivity contribution is 5.80. The molecule has 0 aromatic carbocycles. The number of nitrogens with zero attached hydrogens (tertiary/aromatic N) is 2. The Morgan fingerprint density at radius 2 is 2.12 bits per heavy atom. The van der Waals surface area contributed by atoms with Gasteiger partial charge in [0.1, 0.15) is 11.6 Å². The fourth-order valence-electron chi connectivity index (χ4n) is 1.52. The molecule has 0 spiro atoms. The van der Waals surface area contributed by atoms with E-state index in [-0.39, 0.29) is 5.78 Å². The van der Waals surface area contributed by atoms with Crippen LogP contribution in [0.5, 0.6) is 5.88 Å². The molecule has 0 bridgehead atoms. The molecule has 0 saturated heterocycles. The van der Waals surface area contributed by atoms with E-state index >= 15 is 0 Å². The molecule has 1 rings (SSSR count). The zero-order valence-electron chi connectivity index (χ0n) is 10.3. The van der Waals surface area contributed by atoms with Crippen LogP contribution in [-0.2, 0) is 11.2 Å². The van der Waals surface area contributed by atoms with Crippen molar-refractivity contribution < 1.29 is 9.53 Å². The first-order valence-corrected chi connectivity index (χ1v) is 5.41. The van der Waals surface area contributed by atoms with Gasteiger partial charge in [-0.2, -0.15) is 4.98 Å². The van der Waals surface area contributed by atoms with E-state index in [0.717, 1.165) is 5.69 Å². The topological polar surface area (TPSA) is 52.1 Å². The van der Waals surface area contributed by atoms with Crippen LogP contribution in [0.15, 0.2) is 6.07 Å². The third-order valence-corrected chi connectivity index (χ3v) is 2.09. The third-order valence-electron chi connectivity index (χ3n) is 2.09. The molecule has 0 aliphatic rings. The van der Waals surface area contributed by atoms with Crippen molar-refractivity contribution in [3.8, 4) is 5.88 Å². The van der Waals surface area contributed by atoms with E-state index in [9.17, 15) is 4.79 Å². The van der Waals surface area contributed by atoms with Crippen molar-refractivity contribution in [1.29, 1.82) is 0 Å². The van der Waals surface area contributed by atoms with E-state index in [1.165, 1.54) is 0 Å². The summed E-state index contributed by atoms with van der Waals surface area (Å²) in [5.41, 5.74) is 0.731. The Kier molecular flexibility index (Phi) is 4.40. The van der Waals surface area contributed by atoms with Crippen LogP contribution in [0.2, 0.25) is 0 Å². The number of aromatic nitrogens is 2. The van der Waals surface area contributed by atoms with Crippen LogP contribution in [-0.4, -0.2) is 22.9 Å². The van der Waals surface area contributed by atoms with Crippen LogP contribution in [0.4, 0.5) is 0 Å². The molecule has 0 aliphatic heterocycles. The average Bonchev–Trinajstić information content (AvgIpc) is 2.14. The molecule has 0 saturated carbocycles. The molecule has 4 heteroatoms. The summed E-state index contributed by atoms with van der Waals surface area (Å²) in [6.45, 7) is 5.85. The van der Waals surface area contributed by atoms with Gasteiger partial charge in [0.2, 0.25) is 5.88 Å². The second-order valence-electron chi connectivity index (χ2n) is 4.26. The SMILES string of the molecule is COc1cc(CC(=O)CC(C)C)nc(C)n1. The van der Waals surface area contributed by atoms with E-state index in [4.69, 9.17) is 4.74 Å². The predicted molar refractivity (Wildman–Crippen MR) is 61.5 cm³/mol. The van der Waals surface area contributed by atoms with Crippen LogP contribution in [0.3, 0.4) is 0 Å². The van der Waals surface area contributed by atoms with Gasteiger partial charge in [-0.3, -0.25) is 4.79 Å². The average molecular weight is 222 g/mol. The Hall–Kier alpha value is -1.45. The fraction of sp³-hybridized carbons (Fsp3) is 0.583. The van der Waals surface area contributed by atoms with E-state index in [1.54, 1.807) is 20.1 Å². The summed E-state index contributed by atoms with van der Waals surface area (Å²) in [4.78, 5) is 19.9. The maximum atomic E-state index is 11.6. The molecule has 0 atom stereocenters. The Labute approximate surface area is 96.1 Å². The van der Waals surface area contributed by atoms with Gasteiger partial charge in [0.25, 0.3) is 0 Å². The van der Waals surface area contributed by atoms with E-state index in [1.807, 2.05) is 13.8 Å². The number of ether oxygens (including phenoxy) is 1. The Morgan fingerprint density at radius 1 is 1.44 bits per heavy atom. The summed E-state index contributed by atoms with van der Waals surface area (Å²) in [6, 6.07) is 1.71. The molecule has 0 aliphatic carbocycles. The van der Waals surface area contributed by atoms with Crippen LogP contribution in [0.1, 0.15) is 31.8 Å². The monoisotopic (exact) mass is 222 g/mol. The van der Waals surface area contributed by atoms with Gasteiger partial charge in [-0.05, 0) is 12.8 Å². The summed E-state index contributed by atoms with van der Waals surface area (Å²) in [5.74, 6) is 1.74. The lowest BCUT2D eigenvalue weighted by atomic mass is 10.0. The van der Waals surface area contributed by atoms with Crippen molar-refractivity contribution in [2.24, 2.45) is 5.92 Å². The van der Waals surface area contributed by atoms with E-state index in [2.05, 4.69) is 9.97 Å². The second-order valence-corrected chi connectivity index (χ2v) is 4.26. The molecular weight excluding hydrogens is 204 g/mol. The number of Topliss-reactive ketones (excluding diaryl/α,β-unsaturated/α-hetero) is 1. The van der Waals surface area contributed by atoms with Crippen molar-refractivity contribution in [2.45, 2.75) is 33.6 Å². The first-order valence-electron chi connectivity index (χ1n) is 5.41. The lowest BCUT2D eigenvalue weighted by Gasteiger charge is -2.06. The zero-order valence-corrected chi connectivity index (χ0v) is 10.3. The predicted octanol–water partition coefficient (Wildman–Crippen LogP) is 1.95. The molecule has 0 N–H and O–H groups in total. The summed E-state index contributed by atoms with van der Waals surface area (Å²) in [7, 11) is 1.56. The lowest BCUT2D eigenvalue weighted by molar-refractivity contribution is -0.119. The first kappa shape index (κ1) is 12.6. The molecule has 0 fully saturated rings. The van der Waals surface area contributed by atoms with Gasteiger partial charge in [0.05, 0.1) is 12.8 Å². The minimum atomic E-state index is 0.204. The van der Waals surface area contributed by atoms with Crippen molar-refractivity contribution in [1.82, 2.24) is 9.97 Å². The molecule has 0 unspecified atom stereocenters. The van der Waals surface area contributed by atoms with Gasteiger partial charge >= 0.3 is 0 Å². The number of carbonyl (C=O) groups excluding carboxylic acids is 1. The van der Waals surface area contributed by atoms with E-state index < -0.39 is 0 Å². The highest BCUT2D eigenvalue weighted by Crippen LogP contribution is 2.11. The van der Waals surface area contributed by atoms with Crippen molar-refractivity contribution >= 4 is 5.78 Å². The number of hydrogen-bond donors (Lipinski definition) is 0. The van der Waals surface area contributed by atoms with Gasteiger partial charge in [0, 0.05) is 18.9 Å². The largest absolute Gasteiger partial charge is 0.481 e. The standard InChI is InChI=1S/C12H18N2O2/c1-8(2)5-11(15)6-10-7-12(16-4)14-9(3)13-10/h7-8H,5-6H2,1-4H3. The normalized spacial score (nSPS) is 10.6. The Morgan fingerprint density at radius 3 is 2.69 bits per heavy atom. The highest BCUT2D eigenvalue weighted by atomic mass is 16.5. The summed E-state index contributed by atoms with van der Waals surface area (Å²) >= 11 is 0. The van der Waals surface area contributed by atoms with Gasteiger partial charge in [-0.15, -0.1) is 0 Å². The zero-order chi connectivity index (χ0) is 12.1. The Balaban J connectivity index is 2.73. The molecule has 1 aromatic rings. The van der Waals surface area contributed by atoms with Gasteiger partial charge in [-0.1, -0.05) is 13.8 Å². The maximum Gasteiger partial charge on any atom is 0.216 e. The van der Waals surface area contributed by atoms with Crippen LogP contribution in [0.25, 0.3) is 0 Å². The van der Waals surface area contributed by atoms with Gasteiger partial charge in [0.15, 0.2) is 0 Å². The smallest absolute Gasteiger partial charge is 0.216 e. The van der Waals surface area contributed by atoms with Crippen LogP contribution < -0.4 is 4.74 Å². The van der Waals surface area contributed by atoms with Crippen molar-refractivity contribution in [3.05, 3.63) is 17.6 Å². The molecule has 16 heavy (non-hydrogen) atoms. The fourth-order valence-corrected chi connectivity index (χ4v) is 1.52. The third kappa shape index (κ3) is 3.96. The molecule has 0 amide bonds.